The molecule has 0 aliphatic heterocycles. The van der Waals surface area contributed by atoms with Gasteiger partial charge in [0.25, 0.3) is 0 Å². The molecule has 84 valence electrons. The van der Waals surface area contributed by atoms with Crippen LogP contribution in [0, 0.1) is 0 Å². The van der Waals surface area contributed by atoms with Gasteiger partial charge in [-0.1, -0.05) is 44.2 Å². The van der Waals surface area contributed by atoms with Crippen molar-refractivity contribution in [2.75, 3.05) is 0 Å². The summed E-state index contributed by atoms with van der Waals surface area (Å²) in [6.07, 6.45) is 1.20. The van der Waals surface area contributed by atoms with Crippen LogP contribution in [0.15, 0.2) is 30.3 Å². The lowest BCUT2D eigenvalue weighted by Gasteiger charge is -2.23. The molecule has 0 radical (unpaired) electrons. The molecule has 1 aromatic carbocycles. The van der Waals surface area contributed by atoms with Crippen LogP contribution < -0.4 is 5.73 Å². The van der Waals surface area contributed by atoms with Gasteiger partial charge in [-0.2, -0.15) is 0 Å². The van der Waals surface area contributed by atoms with E-state index in [-0.39, 0.29) is 6.04 Å². The van der Waals surface area contributed by atoms with Crippen molar-refractivity contribution in [3.05, 3.63) is 35.9 Å². The molecule has 0 amide bonds. The Balaban J connectivity index is 2.75. The molecular formula is C13H21NS. The van der Waals surface area contributed by atoms with E-state index in [9.17, 15) is 0 Å². The van der Waals surface area contributed by atoms with Crippen molar-refractivity contribution in [2.24, 2.45) is 5.73 Å². The third-order valence-electron chi connectivity index (χ3n) is 2.56. The zero-order valence-electron chi connectivity index (χ0n) is 9.81. The van der Waals surface area contributed by atoms with Crippen LogP contribution in [0.4, 0.5) is 0 Å². The first-order valence-electron chi connectivity index (χ1n) is 5.61. The van der Waals surface area contributed by atoms with Crippen LogP contribution in [-0.4, -0.2) is 11.3 Å². The Morgan fingerprint density at radius 1 is 1.20 bits per heavy atom. The number of thioether (sulfide) groups is 1. The van der Waals surface area contributed by atoms with Gasteiger partial charge in [0, 0.05) is 16.5 Å². The first-order valence-corrected chi connectivity index (χ1v) is 6.55. The maximum atomic E-state index is 6.05. The lowest BCUT2D eigenvalue weighted by atomic mass is 10.1. The number of hydrogen-bond acceptors (Lipinski definition) is 2. The Kier molecular flexibility index (Phi) is 5.20. The summed E-state index contributed by atoms with van der Waals surface area (Å²) in [6.45, 7) is 6.58. The second-order valence-electron chi connectivity index (χ2n) is 4.05. The summed E-state index contributed by atoms with van der Waals surface area (Å²) in [5.74, 6) is 0. The van der Waals surface area contributed by atoms with Gasteiger partial charge in [0.05, 0.1) is 0 Å². The van der Waals surface area contributed by atoms with E-state index in [2.05, 4.69) is 51.1 Å². The highest BCUT2D eigenvalue weighted by Crippen LogP contribution is 2.35. The molecular weight excluding hydrogens is 202 g/mol. The van der Waals surface area contributed by atoms with E-state index in [1.807, 2.05) is 11.8 Å². The Morgan fingerprint density at radius 3 is 2.27 bits per heavy atom. The van der Waals surface area contributed by atoms with E-state index in [4.69, 9.17) is 5.73 Å². The van der Waals surface area contributed by atoms with Crippen molar-refractivity contribution in [3.63, 3.8) is 0 Å². The topological polar surface area (TPSA) is 26.0 Å². The fourth-order valence-corrected chi connectivity index (χ4v) is 2.75. The minimum absolute atomic E-state index is 0.200. The van der Waals surface area contributed by atoms with Crippen molar-refractivity contribution < 1.29 is 0 Å². The average molecular weight is 223 g/mol. The van der Waals surface area contributed by atoms with Crippen molar-refractivity contribution >= 4 is 11.8 Å². The minimum Gasteiger partial charge on any atom is -0.327 e. The number of nitrogens with two attached hydrogens (primary N) is 1. The SMILES string of the molecule is CCC(C)SC(c1ccccc1)C(C)N. The highest BCUT2D eigenvalue weighted by molar-refractivity contribution is 8.00. The number of rotatable bonds is 5. The van der Waals surface area contributed by atoms with Gasteiger partial charge in [-0.3, -0.25) is 0 Å². The van der Waals surface area contributed by atoms with E-state index >= 15 is 0 Å². The van der Waals surface area contributed by atoms with E-state index < -0.39 is 0 Å². The monoisotopic (exact) mass is 223 g/mol. The van der Waals surface area contributed by atoms with Gasteiger partial charge in [0.15, 0.2) is 0 Å². The molecule has 1 aromatic rings. The Morgan fingerprint density at radius 2 is 1.80 bits per heavy atom. The second-order valence-corrected chi connectivity index (χ2v) is 5.63. The molecule has 1 rings (SSSR count). The molecule has 0 aliphatic rings. The van der Waals surface area contributed by atoms with Crippen molar-refractivity contribution in [2.45, 2.75) is 43.7 Å². The molecule has 0 saturated carbocycles. The van der Waals surface area contributed by atoms with E-state index in [1.165, 1.54) is 12.0 Å². The molecule has 0 saturated heterocycles. The molecule has 0 aromatic heterocycles. The molecule has 0 spiro atoms. The van der Waals surface area contributed by atoms with Gasteiger partial charge in [-0.05, 0) is 18.9 Å². The predicted octanol–water partition coefficient (Wildman–Crippen LogP) is 3.61. The van der Waals surface area contributed by atoms with Crippen LogP contribution >= 0.6 is 11.8 Å². The van der Waals surface area contributed by atoms with Gasteiger partial charge in [-0.15, -0.1) is 11.8 Å². The van der Waals surface area contributed by atoms with Crippen LogP contribution in [0.5, 0.6) is 0 Å². The Bertz CT molecular complexity index is 271. The smallest absolute Gasteiger partial charge is 0.0448 e. The van der Waals surface area contributed by atoms with Crippen molar-refractivity contribution in [3.8, 4) is 0 Å². The van der Waals surface area contributed by atoms with Crippen LogP contribution in [0.25, 0.3) is 0 Å². The fraction of sp³-hybridized carbons (Fsp3) is 0.538. The summed E-state index contributed by atoms with van der Waals surface area (Å²) < 4.78 is 0. The van der Waals surface area contributed by atoms with Gasteiger partial charge in [0.2, 0.25) is 0 Å². The van der Waals surface area contributed by atoms with Crippen LogP contribution in [-0.2, 0) is 0 Å². The van der Waals surface area contributed by atoms with Gasteiger partial charge in [-0.25, -0.2) is 0 Å². The van der Waals surface area contributed by atoms with Crippen LogP contribution in [0.3, 0.4) is 0 Å². The van der Waals surface area contributed by atoms with Crippen LogP contribution in [0.2, 0.25) is 0 Å². The van der Waals surface area contributed by atoms with Gasteiger partial charge in [0.1, 0.15) is 0 Å². The largest absolute Gasteiger partial charge is 0.327 e. The summed E-state index contributed by atoms with van der Waals surface area (Å²) in [4.78, 5) is 0. The molecule has 0 bridgehead atoms. The second kappa shape index (κ2) is 6.19. The molecule has 0 aliphatic carbocycles. The number of benzene rings is 1. The molecule has 3 unspecified atom stereocenters. The summed E-state index contributed by atoms with van der Waals surface area (Å²) in [5, 5.41) is 1.09. The number of hydrogen-bond donors (Lipinski definition) is 1. The molecule has 2 N–H and O–H groups in total. The third-order valence-corrected chi connectivity index (χ3v) is 4.35. The minimum atomic E-state index is 0.200. The lowest BCUT2D eigenvalue weighted by molar-refractivity contribution is 0.715. The zero-order chi connectivity index (χ0) is 11.3. The Hall–Kier alpha value is -0.470. The third kappa shape index (κ3) is 3.88. The Labute approximate surface area is 97.4 Å². The molecule has 3 atom stereocenters. The average Bonchev–Trinajstić information content (AvgIpc) is 2.26. The normalized spacial score (nSPS) is 17.1. The summed E-state index contributed by atoms with van der Waals surface area (Å²) in [7, 11) is 0. The molecule has 0 fully saturated rings. The lowest BCUT2D eigenvalue weighted by Crippen LogP contribution is -2.24. The fourth-order valence-electron chi connectivity index (χ4n) is 1.50. The van der Waals surface area contributed by atoms with Crippen molar-refractivity contribution in [1.82, 2.24) is 0 Å². The van der Waals surface area contributed by atoms with E-state index in [1.54, 1.807) is 0 Å². The van der Waals surface area contributed by atoms with E-state index in [0.29, 0.717) is 10.5 Å². The molecule has 0 heterocycles. The first kappa shape index (κ1) is 12.6. The maximum absolute atomic E-state index is 6.05. The summed E-state index contributed by atoms with van der Waals surface area (Å²) >= 11 is 1.98. The van der Waals surface area contributed by atoms with Crippen LogP contribution in [0.1, 0.15) is 38.0 Å². The predicted molar refractivity (Wildman–Crippen MR) is 70.2 cm³/mol. The molecule has 15 heavy (non-hydrogen) atoms. The standard InChI is InChI=1S/C13H21NS/c1-4-10(2)15-13(11(3)14)12-8-6-5-7-9-12/h5-11,13H,4,14H2,1-3H3. The van der Waals surface area contributed by atoms with Crippen molar-refractivity contribution in [1.29, 1.82) is 0 Å². The molecule has 2 heteroatoms. The first-order chi connectivity index (χ1) is 7.15. The van der Waals surface area contributed by atoms with E-state index in [0.717, 1.165) is 0 Å². The highest BCUT2D eigenvalue weighted by Gasteiger charge is 2.18. The quantitative estimate of drug-likeness (QED) is 0.825. The molecule has 1 nitrogen and oxygen atoms in total. The highest BCUT2D eigenvalue weighted by atomic mass is 32.2. The maximum Gasteiger partial charge on any atom is 0.0448 e. The summed E-state index contributed by atoms with van der Waals surface area (Å²) in [5.41, 5.74) is 7.40. The summed E-state index contributed by atoms with van der Waals surface area (Å²) in [6, 6.07) is 10.8. The zero-order valence-corrected chi connectivity index (χ0v) is 10.6. The van der Waals surface area contributed by atoms with Gasteiger partial charge >= 0.3 is 0 Å². The van der Waals surface area contributed by atoms with Gasteiger partial charge < -0.3 is 5.73 Å².